The Hall–Kier alpha value is -3.87. The molecule has 0 aliphatic rings. The minimum Gasteiger partial charge on any atom is -0.350 e. The highest BCUT2D eigenvalue weighted by atomic mass is 19.4. The van der Waals surface area contributed by atoms with Crippen LogP contribution in [0.15, 0.2) is 90.0 Å². The van der Waals surface area contributed by atoms with Gasteiger partial charge in [0.2, 0.25) is 0 Å². The van der Waals surface area contributed by atoms with Gasteiger partial charge in [-0.25, -0.2) is 5.43 Å². The molecular formula is C23H16F3N3O. The van der Waals surface area contributed by atoms with Gasteiger partial charge >= 0.3 is 6.18 Å². The van der Waals surface area contributed by atoms with E-state index < -0.39 is 17.6 Å². The van der Waals surface area contributed by atoms with Crippen LogP contribution >= 0.6 is 0 Å². The Bertz CT molecular complexity index is 1180. The van der Waals surface area contributed by atoms with Gasteiger partial charge in [-0.05, 0) is 24.3 Å². The first-order chi connectivity index (χ1) is 14.4. The van der Waals surface area contributed by atoms with E-state index in [2.05, 4.69) is 15.5 Å². The minimum atomic E-state index is -4.42. The number of hydrogen-bond acceptors (Lipinski definition) is 2. The fraction of sp³-hybridized carbons (Fsp3) is 0.0435. The van der Waals surface area contributed by atoms with Crippen LogP contribution in [0.3, 0.4) is 0 Å². The quantitative estimate of drug-likeness (QED) is 0.347. The van der Waals surface area contributed by atoms with Crippen LogP contribution in [0.25, 0.3) is 10.9 Å². The molecule has 0 atom stereocenters. The Morgan fingerprint density at radius 1 is 0.833 bits per heavy atom. The maximum atomic E-state index is 12.9. The molecule has 1 heterocycles. The minimum absolute atomic E-state index is 0.333. The van der Waals surface area contributed by atoms with E-state index in [4.69, 9.17) is 0 Å². The van der Waals surface area contributed by atoms with E-state index >= 15 is 0 Å². The van der Waals surface area contributed by atoms with E-state index in [0.29, 0.717) is 22.5 Å². The molecule has 0 fully saturated rings. The number of fused-ring (bicyclic) bond motifs is 1. The largest absolute Gasteiger partial charge is 0.416 e. The summed E-state index contributed by atoms with van der Waals surface area (Å²) >= 11 is 0. The highest BCUT2D eigenvalue weighted by Crippen LogP contribution is 2.29. The second-order valence-corrected chi connectivity index (χ2v) is 6.61. The topological polar surface area (TPSA) is 57.2 Å². The first-order valence-electron chi connectivity index (χ1n) is 9.11. The van der Waals surface area contributed by atoms with Crippen molar-refractivity contribution in [3.05, 3.63) is 107 Å². The molecular weight excluding hydrogens is 391 g/mol. The van der Waals surface area contributed by atoms with Gasteiger partial charge in [0.05, 0.1) is 11.3 Å². The van der Waals surface area contributed by atoms with Crippen LogP contribution in [0.4, 0.5) is 13.2 Å². The number of carbonyl (C=O) groups is 1. The summed E-state index contributed by atoms with van der Waals surface area (Å²) in [5.41, 5.74) is 4.37. The lowest BCUT2D eigenvalue weighted by molar-refractivity contribution is -0.137. The first kappa shape index (κ1) is 19.4. The normalized spacial score (nSPS) is 12.2. The number of aromatic nitrogens is 1. The van der Waals surface area contributed by atoms with Crippen LogP contribution in [0.2, 0.25) is 0 Å². The number of carbonyl (C=O) groups excluding carboxylic acids is 1. The van der Waals surface area contributed by atoms with Crippen molar-refractivity contribution in [1.82, 2.24) is 10.4 Å². The molecule has 0 unspecified atom stereocenters. The maximum absolute atomic E-state index is 12.9. The molecule has 7 heteroatoms. The fourth-order valence-corrected chi connectivity index (χ4v) is 3.07. The van der Waals surface area contributed by atoms with Gasteiger partial charge in [0.1, 0.15) is 5.69 Å². The number of para-hydroxylation sites is 1. The molecule has 0 aliphatic heterocycles. The van der Waals surface area contributed by atoms with Crippen molar-refractivity contribution >= 4 is 22.5 Å². The smallest absolute Gasteiger partial charge is 0.350 e. The standard InChI is InChI=1S/C23H16F3N3O/c24-23(25,26)18-12-10-16(11-13-18)21(15-6-2-1-3-7-15)28-29-22(30)20-14-17-8-4-5-9-19(17)27-20/h1-14,27H,(H,29,30). The van der Waals surface area contributed by atoms with Crippen LogP contribution < -0.4 is 5.43 Å². The lowest BCUT2D eigenvalue weighted by Gasteiger charge is -2.10. The van der Waals surface area contributed by atoms with Gasteiger partial charge in [0, 0.05) is 22.0 Å². The summed E-state index contributed by atoms with van der Waals surface area (Å²) < 4.78 is 38.6. The van der Waals surface area contributed by atoms with Crippen molar-refractivity contribution in [3.8, 4) is 0 Å². The number of amides is 1. The van der Waals surface area contributed by atoms with Gasteiger partial charge in [-0.15, -0.1) is 0 Å². The summed E-state index contributed by atoms with van der Waals surface area (Å²) in [7, 11) is 0. The molecule has 0 aliphatic carbocycles. The van der Waals surface area contributed by atoms with Crippen molar-refractivity contribution in [3.63, 3.8) is 0 Å². The van der Waals surface area contributed by atoms with Gasteiger partial charge in [-0.3, -0.25) is 4.79 Å². The molecule has 0 saturated carbocycles. The van der Waals surface area contributed by atoms with Crippen molar-refractivity contribution in [2.24, 2.45) is 5.10 Å². The molecule has 30 heavy (non-hydrogen) atoms. The summed E-state index contributed by atoms with van der Waals surface area (Å²) in [5.74, 6) is -0.452. The SMILES string of the molecule is O=C(NN=C(c1ccccc1)c1ccc(C(F)(F)F)cc1)c1cc2ccccc2[nH]1. The number of H-pyrrole nitrogens is 1. The van der Waals surface area contributed by atoms with E-state index in [1.807, 2.05) is 30.3 Å². The zero-order valence-corrected chi connectivity index (χ0v) is 15.6. The molecule has 150 valence electrons. The van der Waals surface area contributed by atoms with E-state index in [0.717, 1.165) is 23.0 Å². The summed E-state index contributed by atoms with van der Waals surface area (Å²) in [6, 6.07) is 22.8. The average molecular weight is 407 g/mol. The number of benzene rings is 3. The van der Waals surface area contributed by atoms with Gasteiger partial charge < -0.3 is 4.98 Å². The second kappa shape index (κ2) is 7.87. The Labute approximate surface area is 170 Å². The molecule has 4 rings (SSSR count). The average Bonchev–Trinajstić information content (AvgIpc) is 3.19. The predicted octanol–water partition coefficient (Wildman–Crippen LogP) is 5.37. The molecule has 4 aromatic rings. The van der Waals surface area contributed by atoms with Crippen LogP contribution in [0.1, 0.15) is 27.2 Å². The van der Waals surface area contributed by atoms with E-state index in [-0.39, 0.29) is 0 Å². The van der Waals surface area contributed by atoms with Gasteiger partial charge in [0.15, 0.2) is 0 Å². The number of aromatic amines is 1. The molecule has 1 aromatic heterocycles. The molecule has 0 spiro atoms. The third-order valence-corrected chi connectivity index (χ3v) is 4.58. The third kappa shape index (κ3) is 4.10. The van der Waals surface area contributed by atoms with Crippen molar-refractivity contribution < 1.29 is 18.0 Å². The number of nitrogens with zero attached hydrogens (tertiary/aromatic N) is 1. The number of rotatable bonds is 4. The van der Waals surface area contributed by atoms with E-state index in [9.17, 15) is 18.0 Å². The summed E-state index contributed by atoms with van der Waals surface area (Å²) in [4.78, 5) is 15.6. The number of alkyl halides is 3. The molecule has 1 amide bonds. The maximum Gasteiger partial charge on any atom is 0.416 e. The number of nitrogens with one attached hydrogen (secondary N) is 2. The first-order valence-corrected chi connectivity index (χ1v) is 9.11. The predicted molar refractivity (Wildman–Crippen MR) is 109 cm³/mol. The molecule has 3 aromatic carbocycles. The summed E-state index contributed by atoms with van der Waals surface area (Å²) in [5, 5.41) is 5.11. The highest BCUT2D eigenvalue weighted by Gasteiger charge is 2.30. The van der Waals surface area contributed by atoms with Crippen LogP contribution in [-0.2, 0) is 6.18 Å². The van der Waals surface area contributed by atoms with Gasteiger partial charge in [-0.1, -0.05) is 60.7 Å². The second-order valence-electron chi connectivity index (χ2n) is 6.61. The van der Waals surface area contributed by atoms with Crippen molar-refractivity contribution in [2.75, 3.05) is 0 Å². The summed E-state index contributed by atoms with van der Waals surface area (Å²) in [6.07, 6.45) is -4.42. The summed E-state index contributed by atoms with van der Waals surface area (Å²) in [6.45, 7) is 0. The van der Waals surface area contributed by atoms with E-state index in [1.54, 1.807) is 30.3 Å². The van der Waals surface area contributed by atoms with Gasteiger partial charge in [-0.2, -0.15) is 18.3 Å². The zero-order valence-electron chi connectivity index (χ0n) is 15.6. The Kier molecular flexibility index (Phi) is 5.10. The fourth-order valence-electron chi connectivity index (χ4n) is 3.07. The number of hydrazone groups is 1. The Balaban J connectivity index is 1.66. The third-order valence-electron chi connectivity index (χ3n) is 4.58. The lowest BCUT2D eigenvalue weighted by Crippen LogP contribution is -2.21. The number of hydrogen-bond donors (Lipinski definition) is 2. The number of halogens is 3. The van der Waals surface area contributed by atoms with Crippen LogP contribution in [0.5, 0.6) is 0 Å². The van der Waals surface area contributed by atoms with Crippen LogP contribution in [0, 0.1) is 0 Å². The Morgan fingerprint density at radius 3 is 2.13 bits per heavy atom. The van der Waals surface area contributed by atoms with Crippen LogP contribution in [-0.4, -0.2) is 16.6 Å². The highest BCUT2D eigenvalue weighted by molar-refractivity contribution is 6.13. The van der Waals surface area contributed by atoms with Crippen molar-refractivity contribution in [1.29, 1.82) is 0 Å². The van der Waals surface area contributed by atoms with Crippen molar-refractivity contribution in [2.45, 2.75) is 6.18 Å². The molecule has 0 radical (unpaired) electrons. The molecule has 0 bridgehead atoms. The molecule has 4 nitrogen and oxygen atoms in total. The zero-order chi connectivity index (χ0) is 21.1. The van der Waals surface area contributed by atoms with E-state index in [1.165, 1.54) is 12.1 Å². The molecule has 0 saturated heterocycles. The van der Waals surface area contributed by atoms with Gasteiger partial charge in [0.25, 0.3) is 5.91 Å². The molecule has 2 N–H and O–H groups in total. The monoisotopic (exact) mass is 407 g/mol. The Morgan fingerprint density at radius 2 is 1.47 bits per heavy atom. The lowest BCUT2D eigenvalue weighted by atomic mass is 10.0.